The number of alkyl halides is 1. The topological polar surface area (TPSA) is 37.9 Å². The molecule has 0 saturated heterocycles. The van der Waals surface area contributed by atoms with Crippen molar-refractivity contribution in [2.75, 3.05) is 13.7 Å². The van der Waals surface area contributed by atoms with Crippen molar-refractivity contribution in [1.29, 1.82) is 0 Å². The van der Waals surface area contributed by atoms with Gasteiger partial charge in [0.2, 0.25) is 0 Å². The maximum atomic E-state index is 5.57. The predicted octanol–water partition coefficient (Wildman–Crippen LogP) is 1.34. The largest absolute Gasteiger partial charge is 0.384 e. The van der Waals surface area contributed by atoms with E-state index in [0.29, 0.717) is 12.5 Å². The average Bonchev–Trinajstić information content (AvgIpc) is 2.48. The first kappa shape index (κ1) is 8.56. The van der Waals surface area contributed by atoms with Crippen LogP contribution in [0.25, 0.3) is 0 Å². The number of nitrogens with zero attached hydrogens (tertiary/aromatic N) is 1. The van der Waals surface area contributed by atoms with Gasteiger partial charge < -0.3 is 9.72 Å². The number of aromatic nitrogens is 2. The summed E-state index contributed by atoms with van der Waals surface area (Å²) < 4.78 is 4.90. The van der Waals surface area contributed by atoms with Crippen molar-refractivity contribution in [2.24, 2.45) is 0 Å². The number of methoxy groups -OCH3 is 1. The molecule has 1 heterocycles. The summed E-state index contributed by atoms with van der Waals surface area (Å²) in [6.07, 6.45) is 2.56. The summed E-state index contributed by atoms with van der Waals surface area (Å²) in [6.45, 7) is 0.690. The van der Waals surface area contributed by atoms with E-state index in [0.717, 1.165) is 17.9 Å². The second-order valence-corrected chi connectivity index (χ2v) is 2.50. The number of hydrogen-bond acceptors (Lipinski definition) is 2. The maximum Gasteiger partial charge on any atom is 0.108 e. The minimum Gasteiger partial charge on any atom is -0.384 e. The Kier molecular flexibility index (Phi) is 3.39. The van der Waals surface area contributed by atoms with Crippen LogP contribution in [-0.4, -0.2) is 23.7 Å². The zero-order chi connectivity index (χ0) is 8.10. The number of aromatic amines is 1. The van der Waals surface area contributed by atoms with E-state index in [2.05, 4.69) is 9.97 Å². The number of imidazole rings is 1. The standard InChI is InChI=1S/C7H11ClN2O/c1-11-3-2-7-9-5-6(4-8)10-7/h5H,2-4H2,1H3,(H,9,10). The van der Waals surface area contributed by atoms with Crippen molar-refractivity contribution in [2.45, 2.75) is 12.3 Å². The van der Waals surface area contributed by atoms with E-state index < -0.39 is 0 Å². The van der Waals surface area contributed by atoms with Gasteiger partial charge in [0, 0.05) is 25.4 Å². The van der Waals surface area contributed by atoms with E-state index in [1.54, 1.807) is 13.3 Å². The number of hydrogen-bond donors (Lipinski definition) is 1. The first-order chi connectivity index (χ1) is 5.36. The van der Waals surface area contributed by atoms with Gasteiger partial charge in [-0.15, -0.1) is 11.6 Å². The third-order valence-electron chi connectivity index (χ3n) is 1.37. The molecule has 0 atom stereocenters. The van der Waals surface area contributed by atoms with Gasteiger partial charge in [0.25, 0.3) is 0 Å². The van der Waals surface area contributed by atoms with Gasteiger partial charge in [-0.1, -0.05) is 0 Å². The summed E-state index contributed by atoms with van der Waals surface area (Å²) in [6, 6.07) is 0. The van der Waals surface area contributed by atoms with Gasteiger partial charge in [-0.25, -0.2) is 4.98 Å². The molecule has 1 aromatic rings. The Hall–Kier alpha value is -0.540. The van der Waals surface area contributed by atoms with Crippen molar-refractivity contribution in [3.8, 4) is 0 Å². The highest BCUT2D eigenvalue weighted by Crippen LogP contribution is 2.00. The van der Waals surface area contributed by atoms with E-state index in [1.807, 2.05) is 0 Å². The lowest BCUT2D eigenvalue weighted by atomic mass is 10.4. The monoisotopic (exact) mass is 174 g/mol. The molecular weight excluding hydrogens is 164 g/mol. The molecule has 0 aromatic carbocycles. The Bertz CT molecular complexity index is 212. The van der Waals surface area contributed by atoms with E-state index >= 15 is 0 Å². The van der Waals surface area contributed by atoms with E-state index in [4.69, 9.17) is 16.3 Å². The van der Waals surface area contributed by atoms with Crippen molar-refractivity contribution in [3.63, 3.8) is 0 Å². The quantitative estimate of drug-likeness (QED) is 0.700. The predicted molar refractivity (Wildman–Crippen MR) is 43.7 cm³/mol. The van der Waals surface area contributed by atoms with Crippen LogP contribution >= 0.6 is 11.6 Å². The summed E-state index contributed by atoms with van der Waals surface area (Å²) >= 11 is 5.57. The van der Waals surface area contributed by atoms with E-state index in [-0.39, 0.29) is 0 Å². The molecule has 0 unspecified atom stereocenters. The second-order valence-electron chi connectivity index (χ2n) is 2.23. The van der Waals surface area contributed by atoms with Gasteiger partial charge in [-0.2, -0.15) is 0 Å². The number of nitrogens with one attached hydrogen (secondary N) is 1. The molecule has 0 bridgehead atoms. The smallest absolute Gasteiger partial charge is 0.108 e. The summed E-state index contributed by atoms with van der Waals surface area (Å²) in [5, 5.41) is 0. The maximum absolute atomic E-state index is 5.57. The fourth-order valence-electron chi connectivity index (χ4n) is 0.799. The van der Waals surface area contributed by atoms with Gasteiger partial charge in [-0.05, 0) is 0 Å². The molecule has 0 amide bonds. The van der Waals surface area contributed by atoms with Gasteiger partial charge in [-0.3, -0.25) is 0 Å². The third-order valence-corrected chi connectivity index (χ3v) is 1.66. The van der Waals surface area contributed by atoms with Crippen LogP contribution in [0.3, 0.4) is 0 Å². The molecular formula is C7H11ClN2O. The molecule has 0 fully saturated rings. The number of H-pyrrole nitrogens is 1. The second kappa shape index (κ2) is 4.36. The van der Waals surface area contributed by atoms with Crippen molar-refractivity contribution < 1.29 is 4.74 Å². The molecule has 0 aliphatic heterocycles. The molecule has 1 aromatic heterocycles. The lowest BCUT2D eigenvalue weighted by molar-refractivity contribution is 0.200. The van der Waals surface area contributed by atoms with Crippen LogP contribution in [0.1, 0.15) is 11.5 Å². The Balaban J connectivity index is 2.44. The molecule has 0 aliphatic carbocycles. The number of rotatable bonds is 4. The number of halogens is 1. The van der Waals surface area contributed by atoms with Crippen LogP contribution in [0.2, 0.25) is 0 Å². The molecule has 11 heavy (non-hydrogen) atoms. The minimum absolute atomic E-state index is 0.486. The van der Waals surface area contributed by atoms with Crippen molar-refractivity contribution in [1.82, 2.24) is 9.97 Å². The lowest BCUT2D eigenvalue weighted by Crippen LogP contribution is -1.96. The Labute approximate surface area is 70.7 Å². The van der Waals surface area contributed by atoms with Gasteiger partial charge in [0.05, 0.1) is 12.5 Å². The molecule has 0 aliphatic rings. The molecule has 4 heteroatoms. The molecule has 3 nitrogen and oxygen atoms in total. The van der Waals surface area contributed by atoms with E-state index in [1.165, 1.54) is 0 Å². The average molecular weight is 175 g/mol. The molecule has 0 saturated carbocycles. The molecule has 1 rings (SSSR count). The Morgan fingerprint density at radius 2 is 2.55 bits per heavy atom. The summed E-state index contributed by atoms with van der Waals surface area (Å²) in [7, 11) is 1.67. The zero-order valence-electron chi connectivity index (χ0n) is 6.43. The Morgan fingerprint density at radius 3 is 3.09 bits per heavy atom. The van der Waals surface area contributed by atoms with Gasteiger partial charge >= 0.3 is 0 Å². The highest BCUT2D eigenvalue weighted by atomic mass is 35.5. The number of ether oxygens (including phenoxy) is 1. The SMILES string of the molecule is COCCc1ncc(CCl)[nH]1. The molecule has 1 N–H and O–H groups in total. The van der Waals surface area contributed by atoms with Crippen LogP contribution in [0.4, 0.5) is 0 Å². The van der Waals surface area contributed by atoms with Gasteiger partial charge in [0.15, 0.2) is 0 Å². The fourth-order valence-corrected chi connectivity index (χ4v) is 0.935. The van der Waals surface area contributed by atoms with Crippen molar-refractivity contribution >= 4 is 11.6 Å². The molecule has 0 radical (unpaired) electrons. The normalized spacial score (nSPS) is 10.4. The van der Waals surface area contributed by atoms with Crippen LogP contribution in [0.15, 0.2) is 6.20 Å². The summed E-state index contributed by atoms with van der Waals surface area (Å²) in [5.74, 6) is 1.42. The van der Waals surface area contributed by atoms with Crippen LogP contribution < -0.4 is 0 Å². The van der Waals surface area contributed by atoms with Crippen LogP contribution in [0.5, 0.6) is 0 Å². The van der Waals surface area contributed by atoms with E-state index in [9.17, 15) is 0 Å². The molecule has 62 valence electrons. The zero-order valence-corrected chi connectivity index (χ0v) is 7.19. The van der Waals surface area contributed by atoms with Crippen LogP contribution in [0, 0.1) is 0 Å². The highest BCUT2D eigenvalue weighted by Gasteiger charge is 1.97. The molecule has 0 spiro atoms. The van der Waals surface area contributed by atoms with Crippen LogP contribution in [-0.2, 0) is 17.0 Å². The highest BCUT2D eigenvalue weighted by molar-refractivity contribution is 6.16. The Morgan fingerprint density at radius 1 is 1.73 bits per heavy atom. The summed E-state index contributed by atoms with van der Waals surface area (Å²) in [5.41, 5.74) is 0.956. The van der Waals surface area contributed by atoms with Crippen molar-refractivity contribution in [3.05, 3.63) is 17.7 Å². The first-order valence-corrected chi connectivity index (χ1v) is 3.98. The third kappa shape index (κ3) is 2.52. The fraction of sp³-hybridized carbons (Fsp3) is 0.571. The first-order valence-electron chi connectivity index (χ1n) is 3.44. The van der Waals surface area contributed by atoms with Gasteiger partial charge in [0.1, 0.15) is 5.82 Å². The summed E-state index contributed by atoms with van der Waals surface area (Å²) in [4.78, 5) is 7.18. The minimum atomic E-state index is 0.486. The lowest BCUT2D eigenvalue weighted by Gasteiger charge is -1.93.